The molecular formula is C17H25BrClN3O3. The van der Waals surface area contributed by atoms with Gasteiger partial charge in [-0.1, -0.05) is 20.8 Å². The van der Waals surface area contributed by atoms with Gasteiger partial charge in [-0.05, 0) is 27.8 Å². The van der Waals surface area contributed by atoms with Crippen LogP contribution in [0.2, 0.25) is 0 Å². The minimum absolute atomic E-state index is 0. The number of likely N-dealkylation sites (tertiary alicyclic amines) is 1. The fraction of sp³-hybridized carbons (Fsp3) is 0.647. The smallest absolute Gasteiger partial charge is 0.407 e. The summed E-state index contributed by atoms with van der Waals surface area (Å²) in [5.74, 6) is 1.05. The average molecular weight is 435 g/mol. The zero-order valence-electron chi connectivity index (χ0n) is 14.9. The van der Waals surface area contributed by atoms with Crippen LogP contribution in [0.15, 0.2) is 16.9 Å². The minimum atomic E-state index is -0.809. The van der Waals surface area contributed by atoms with Crippen molar-refractivity contribution in [1.82, 2.24) is 9.88 Å². The summed E-state index contributed by atoms with van der Waals surface area (Å²) >= 11 is 3.37. The fourth-order valence-electron chi connectivity index (χ4n) is 4.02. The van der Waals surface area contributed by atoms with Crippen LogP contribution in [0, 0.1) is 11.3 Å². The largest absolute Gasteiger partial charge is 0.494 e. The Morgan fingerprint density at radius 2 is 2.08 bits per heavy atom. The first-order chi connectivity index (χ1) is 11.2. The maximum atomic E-state index is 11.9. The van der Waals surface area contributed by atoms with Gasteiger partial charge in [0.25, 0.3) is 0 Å². The SMILES string of the molecule is COc1cc(N2C[C@H]3CC(C(C)(C)C)N(C(=O)O)[C@H]3C2)cnc1Br.Cl. The normalized spacial score (nSPS) is 25.6. The van der Waals surface area contributed by atoms with Crippen molar-refractivity contribution in [2.75, 3.05) is 25.1 Å². The Kier molecular flexibility index (Phi) is 5.78. The molecule has 0 saturated carbocycles. The highest BCUT2D eigenvalue weighted by atomic mass is 79.9. The lowest BCUT2D eigenvalue weighted by Gasteiger charge is -2.36. The molecule has 2 aliphatic heterocycles. The molecule has 1 amide bonds. The molecule has 0 radical (unpaired) electrons. The molecule has 0 bridgehead atoms. The first-order valence-electron chi connectivity index (χ1n) is 8.18. The zero-order valence-corrected chi connectivity index (χ0v) is 17.3. The van der Waals surface area contributed by atoms with Gasteiger partial charge in [-0.3, -0.25) is 4.90 Å². The van der Waals surface area contributed by atoms with Crippen molar-refractivity contribution < 1.29 is 14.6 Å². The number of nitrogens with zero attached hydrogens (tertiary/aromatic N) is 3. The molecule has 0 aromatic carbocycles. The molecule has 1 N–H and O–H groups in total. The summed E-state index contributed by atoms with van der Waals surface area (Å²) in [5.41, 5.74) is 0.928. The van der Waals surface area contributed by atoms with Crippen molar-refractivity contribution in [3.05, 3.63) is 16.9 Å². The molecule has 0 spiro atoms. The van der Waals surface area contributed by atoms with Crippen LogP contribution in [0.1, 0.15) is 27.2 Å². The highest BCUT2D eigenvalue weighted by molar-refractivity contribution is 9.10. The van der Waals surface area contributed by atoms with E-state index in [0.717, 1.165) is 18.7 Å². The Morgan fingerprint density at radius 1 is 1.40 bits per heavy atom. The minimum Gasteiger partial charge on any atom is -0.494 e. The van der Waals surface area contributed by atoms with Crippen molar-refractivity contribution in [2.45, 2.75) is 39.3 Å². The van der Waals surface area contributed by atoms with Crippen LogP contribution in [0.4, 0.5) is 10.5 Å². The highest BCUT2D eigenvalue weighted by Crippen LogP contribution is 2.44. The van der Waals surface area contributed by atoms with Crippen LogP contribution < -0.4 is 9.64 Å². The molecule has 140 valence electrons. The number of carboxylic acid groups (broad SMARTS) is 1. The standard InChI is InChI=1S/C17H24BrN3O3.ClH/c1-17(2,3)14-5-10-8-20(9-12(10)21(14)16(22)23)11-6-13(24-4)15(18)19-7-11;/h6-7,10,12,14H,5,8-9H2,1-4H3,(H,22,23);1H/t10-,12+,14?;/m1./s1. The molecule has 1 aromatic rings. The van der Waals surface area contributed by atoms with Gasteiger partial charge in [-0.15, -0.1) is 12.4 Å². The quantitative estimate of drug-likeness (QED) is 0.716. The van der Waals surface area contributed by atoms with E-state index in [1.54, 1.807) is 18.2 Å². The second kappa shape index (κ2) is 7.19. The Morgan fingerprint density at radius 3 is 2.64 bits per heavy atom. The van der Waals surface area contributed by atoms with Gasteiger partial charge in [0.1, 0.15) is 4.60 Å². The van der Waals surface area contributed by atoms with Crippen LogP contribution in [0.5, 0.6) is 5.75 Å². The lowest BCUT2D eigenvalue weighted by Crippen LogP contribution is -2.48. The number of pyridine rings is 1. The number of amides is 1. The first kappa shape index (κ1) is 20.1. The molecule has 0 aliphatic carbocycles. The number of aromatic nitrogens is 1. The summed E-state index contributed by atoms with van der Waals surface area (Å²) in [4.78, 5) is 20.1. The molecule has 1 aromatic heterocycles. The summed E-state index contributed by atoms with van der Waals surface area (Å²) in [5, 5.41) is 9.74. The number of halogens is 2. The number of fused-ring (bicyclic) bond motifs is 1. The van der Waals surface area contributed by atoms with Crippen molar-refractivity contribution in [3.8, 4) is 5.75 Å². The van der Waals surface area contributed by atoms with E-state index in [-0.39, 0.29) is 29.9 Å². The number of methoxy groups -OCH3 is 1. The van der Waals surface area contributed by atoms with Crippen LogP contribution >= 0.6 is 28.3 Å². The van der Waals surface area contributed by atoms with E-state index in [0.29, 0.717) is 22.8 Å². The van der Waals surface area contributed by atoms with Crippen molar-refractivity contribution in [3.63, 3.8) is 0 Å². The van der Waals surface area contributed by atoms with Crippen molar-refractivity contribution in [1.29, 1.82) is 0 Å². The van der Waals surface area contributed by atoms with Gasteiger partial charge in [0, 0.05) is 31.1 Å². The summed E-state index contributed by atoms with van der Waals surface area (Å²) in [6.07, 6.45) is 1.91. The lowest BCUT2D eigenvalue weighted by molar-refractivity contribution is 0.0889. The number of hydrogen-bond donors (Lipinski definition) is 1. The van der Waals surface area contributed by atoms with Gasteiger partial charge in [0.15, 0.2) is 5.75 Å². The van der Waals surface area contributed by atoms with Crippen LogP contribution in [-0.2, 0) is 0 Å². The Balaban J connectivity index is 0.00000225. The highest BCUT2D eigenvalue weighted by Gasteiger charge is 2.51. The summed E-state index contributed by atoms with van der Waals surface area (Å²) in [7, 11) is 1.62. The molecule has 6 nitrogen and oxygen atoms in total. The second-order valence-corrected chi connectivity index (χ2v) is 8.48. The van der Waals surface area contributed by atoms with Crippen molar-refractivity contribution in [2.24, 2.45) is 11.3 Å². The van der Waals surface area contributed by atoms with Gasteiger partial charge in [-0.25, -0.2) is 9.78 Å². The van der Waals surface area contributed by atoms with E-state index in [1.807, 2.05) is 6.07 Å². The molecule has 8 heteroatoms. The Hall–Kier alpha value is -1.21. The van der Waals surface area contributed by atoms with Crippen molar-refractivity contribution >= 4 is 40.1 Å². The average Bonchev–Trinajstić information content (AvgIpc) is 3.04. The number of hydrogen-bond acceptors (Lipinski definition) is 4. The van der Waals surface area contributed by atoms with Gasteiger partial charge in [-0.2, -0.15) is 0 Å². The fourth-order valence-corrected chi connectivity index (χ4v) is 4.40. The third-order valence-corrected chi connectivity index (χ3v) is 5.82. The van der Waals surface area contributed by atoms with E-state index in [4.69, 9.17) is 4.74 Å². The zero-order chi connectivity index (χ0) is 17.6. The number of ether oxygens (including phenoxy) is 1. The molecule has 2 fully saturated rings. The maximum absolute atomic E-state index is 11.9. The predicted molar refractivity (Wildman–Crippen MR) is 103 cm³/mol. The molecule has 25 heavy (non-hydrogen) atoms. The van der Waals surface area contributed by atoms with E-state index < -0.39 is 6.09 Å². The summed E-state index contributed by atoms with van der Waals surface area (Å²) in [6, 6.07) is 2.07. The molecule has 3 atom stereocenters. The molecule has 1 unspecified atom stereocenters. The summed E-state index contributed by atoms with van der Waals surface area (Å²) in [6.45, 7) is 7.92. The predicted octanol–water partition coefficient (Wildman–Crippen LogP) is 3.88. The number of rotatable bonds is 2. The third-order valence-electron chi connectivity index (χ3n) is 5.22. The molecule has 2 aliphatic rings. The van der Waals surface area contributed by atoms with E-state index >= 15 is 0 Å². The van der Waals surface area contributed by atoms with Crippen LogP contribution in [0.25, 0.3) is 0 Å². The van der Waals surface area contributed by atoms with Crippen LogP contribution in [0.3, 0.4) is 0 Å². The topological polar surface area (TPSA) is 65.9 Å². The molecular weight excluding hydrogens is 410 g/mol. The maximum Gasteiger partial charge on any atom is 0.407 e. The molecule has 3 heterocycles. The molecule has 2 saturated heterocycles. The van der Waals surface area contributed by atoms with E-state index in [2.05, 4.69) is 46.6 Å². The van der Waals surface area contributed by atoms with E-state index in [1.165, 1.54) is 0 Å². The van der Waals surface area contributed by atoms with E-state index in [9.17, 15) is 9.90 Å². The van der Waals surface area contributed by atoms with Gasteiger partial charge in [0.2, 0.25) is 0 Å². The van der Waals surface area contributed by atoms with Gasteiger partial charge < -0.3 is 14.7 Å². The Bertz CT molecular complexity index is 653. The first-order valence-corrected chi connectivity index (χ1v) is 8.97. The second-order valence-electron chi connectivity index (χ2n) is 7.73. The van der Waals surface area contributed by atoms with Gasteiger partial charge >= 0.3 is 6.09 Å². The lowest BCUT2D eigenvalue weighted by atomic mass is 9.84. The van der Waals surface area contributed by atoms with Gasteiger partial charge in [0.05, 0.1) is 25.0 Å². The number of carbonyl (C=O) groups is 1. The summed E-state index contributed by atoms with van der Waals surface area (Å²) < 4.78 is 5.99. The Labute approximate surface area is 163 Å². The molecule has 3 rings (SSSR count). The van der Waals surface area contributed by atoms with Crippen LogP contribution in [-0.4, -0.2) is 53.4 Å². The number of anilines is 1. The monoisotopic (exact) mass is 433 g/mol. The third kappa shape index (κ3) is 3.67.